The summed E-state index contributed by atoms with van der Waals surface area (Å²) in [5.41, 5.74) is 2.49. The van der Waals surface area contributed by atoms with Crippen LogP contribution in [0.4, 0.5) is 11.4 Å². The fourth-order valence-corrected chi connectivity index (χ4v) is 4.89. The van der Waals surface area contributed by atoms with E-state index >= 15 is 0 Å². The molecule has 0 bridgehead atoms. The molecule has 0 aromatic heterocycles. The minimum Gasteiger partial charge on any atom is -0.462 e. The summed E-state index contributed by atoms with van der Waals surface area (Å²) in [4.78, 5) is 24.7. The maximum absolute atomic E-state index is 12.6. The van der Waals surface area contributed by atoms with Crippen LogP contribution < -0.4 is 9.62 Å². The number of benzene rings is 2. The predicted octanol–water partition coefficient (Wildman–Crippen LogP) is 3.35. The van der Waals surface area contributed by atoms with Crippen molar-refractivity contribution in [1.82, 2.24) is 0 Å². The minimum atomic E-state index is -3.29. The Bertz CT molecular complexity index is 1020. The number of nitrogens with zero attached hydrogens (tertiary/aromatic N) is 1. The molecule has 3 rings (SSSR count). The number of rotatable bonds is 5. The monoisotopic (exact) mass is 416 g/mol. The van der Waals surface area contributed by atoms with Crippen LogP contribution in [0, 0.1) is 6.92 Å². The predicted molar refractivity (Wildman–Crippen MR) is 112 cm³/mol. The molecule has 0 atom stereocenters. The van der Waals surface area contributed by atoms with E-state index in [2.05, 4.69) is 5.32 Å². The van der Waals surface area contributed by atoms with Crippen LogP contribution in [0.15, 0.2) is 42.5 Å². The van der Waals surface area contributed by atoms with Gasteiger partial charge in [-0.25, -0.2) is 13.2 Å². The Hall–Kier alpha value is -2.87. The van der Waals surface area contributed by atoms with Gasteiger partial charge in [-0.15, -0.1) is 0 Å². The van der Waals surface area contributed by atoms with Crippen LogP contribution in [0.1, 0.15) is 46.0 Å². The molecule has 0 saturated carbocycles. The van der Waals surface area contributed by atoms with Crippen LogP contribution in [0.25, 0.3) is 0 Å². The normalized spacial score (nSPS) is 15.6. The van der Waals surface area contributed by atoms with Gasteiger partial charge in [0, 0.05) is 17.8 Å². The standard InChI is InChI=1S/C21H24N2O5S/c1-3-28-21(25)18-7-6-8-19(15(18)2)22-20(24)16-9-11-17(12-10-16)23-13-4-5-14-29(23,26)27/h6-12H,3-5,13-14H2,1-2H3,(H,22,24). The first-order valence-electron chi connectivity index (χ1n) is 9.52. The molecule has 0 aliphatic carbocycles. The van der Waals surface area contributed by atoms with Crippen LogP contribution in [0.3, 0.4) is 0 Å². The van der Waals surface area contributed by atoms with Gasteiger partial charge in [0.05, 0.1) is 23.6 Å². The third kappa shape index (κ3) is 4.59. The highest BCUT2D eigenvalue weighted by atomic mass is 32.2. The van der Waals surface area contributed by atoms with E-state index in [0.29, 0.717) is 41.0 Å². The highest BCUT2D eigenvalue weighted by Gasteiger charge is 2.26. The van der Waals surface area contributed by atoms with E-state index in [9.17, 15) is 18.0 Å². The van der Waals surface area contributed by atoms with E-state index in [1.165, 1.54) is 4.31 Å². The smallest absolute Gasteiger partial charge is 0.338 e. The SMILES string of the molecule is CCOC(=O)c1cccc(NC(=O)c2ccc(N3CCCCS3(=O)=O)cc2)c1C. The molecule has 1 heterocycles. The Morgan fingerprint density at radius 2 is 1.83 bits per heavy atom. The second kappa shape index (κ2) is 8.65. The van der Waals surface area contributed by atoms with E-state index < -0.39 is 16.0 Å². The van der Waals surface area contributed by atoms with Crippen molar-refractivity contribution >= 4 is 33.3 Å². The number of amides is 1. The molecule has 1 N–H and O–H groups in total. The lowest BCUT2D eigenvalue weighted by molar-refractivity contribution is 0.0525. The summed E-state index contributed by atoms with van der Waals surface area (Å²) < 4.78 is 30.9. The molecule has 7 nitrogen and oxygen atoms in total. The van der Waals surface area contributed by atoms with Crippen LogP contribution in [-0.2, 0) is 14.8 Å². The zero-order valence-electron chi connectivity index (χ0n) is 16.5. The summed E-state index contributed by atoms with van der Waals surface area (Å²) in [5.74, 6) is -0.638. The Labute approximate surface area is 170 Å². The van der Waals surface area contributed by atoms with Gasteiger partial charge in [-0.3, -0.25) is 9.10 Å². The number of anilines is 2. The van der Waals surface area contributed by atoms with Crippen LogP contribution in [0.5, 0.6) is 0 Å². The summed E-state index contributed by atoms with van der Waals surface area (Å²) in [6, 6.07) is 11.5. The summed E-state index contributed by atoms with van der Waals surface area (Å²) in [6.45, 7) is 4.20. The van der Waals surface area contributed by atoms with Gasteiger partial charge in [0.25, 0.3) is 5.91 Å². The molecule has 154 valence electrons. The number of carbonyl (C=O) groups excluding carboxylic acids is 2. The average Bonchev–Trinajstić information content (AvgIpc) is 2.69. The third-order valence-electron chi connectivity index (χ3n) is 4.84. The third-order valence-corrected chi connectivity index (χ3v) is 6.71. The molecule has 0 spiro atoms. The first-order chi connectivity index (χ1) is 13.8. The van der Waals surface area contributed by atoms with E-state index in [1.54, 1.807) is 56.3 Å². The van der Waals surface area contributed by atoms with Crippen LogP contribution >= 0.6 is 0 Å². The Balaban J connectivity index is 1.77. The number of ether oxygens (including phenoxy) is 1. The molecule has 1 fully saturated rings. The van der Waals surface area contributed by atoms with Crippen molar-refractivity contribution in [1.29, 1.82) is 0 Å². The number of esters is 1. The Kier molecular flexibility index (Phi) is 6.22. The second-order valence-corrected chi connectivity index (χ2v) is 8.81. The van der Waals surface area contributed by atoms with E-state index in [4.69, 9.17) is 4.74 Å². The van der Waals surface area contributed by atoms with E-state index in [-0.39, 0.29) is 18.3 Å². The van der Waals surface area contributed by atoms with Crippen molar-refractivity contribution in [2.75, 3.05) is 28.5 Å². The number of hydrogen-bond acceptors (Lipinski definition) is 5. The number of sulfonamides is 1. The molecule has 1 aliphatic rings. The molecule has 1 saturated heterocycles. The first kappa shape index (κ1) is 20.9. The molecule has 29 heavy (non-hydrogen) atoms. The largest absolute Gasteiger partial charge is 0.462 e. The number of nitrogens with one attached hydrogen (secondary N) is 1. The van der Waals surface area contributed by atoms with E-state index in [1.807, 2.05) is 0 Å². The molecular formula is C21H24N2O5S. The molecule has 1 aliphatic heterocycles. The fraction of sp³-hybridized carbons (Fsp3) is 0.333. The van der Waals surface area contributed by atoms with Crippen molar-refractivity contribution in [2.24, 2.45) is 0 Å². The number of hydrogen-bond donors (Lipinski definition) is 1. The quantitative estimate of drug-likeness (QED) is 0.755. The molecule has 2 aromatic rings. The van der Waals surface area contributed by atoms with Crippen molar-refractivity contribution < 1.29 is 22.7 Å². The van der Waals surface area contributed by atoms with Gasteiger partial charge in [0.2, 0.25) is 10.0 Å². The van der Waals surface area contributed by atoms with Crippen molar-refractivity contribution in [3.63, 3.8) is 0 Å². The lowest BCUT2D eigenvalue weighted by Crippen LogP contribution is -2.37. The summed E-state index contributed by atoms with van der Waals surface area (Å²) in [7, 11) is -3.29. The fourth-order valence-electron chi connectivity index (χ4n) is 3.25. The molecular weight excluding hydrogens is 392 g/mol. The van der Waals surface area contributed by atoms with Crippen LogP contribution in [-0.4, -0.2) is 39.2 Å². The average molecular weight is 416 g/mol. The van der Waals surface area contributed by atoms with Gasteiger partial charge < -0.3 is 10.1 Å². The maximum Gasteiger partial charge on any atom is 0.338 e. The lowest BCUT2D eigenvalue weighted by atomic mass is 10.1. The van der Waals surface area contributed by atoms with Gasteiger partial charge in [0.15, 0.2) is 0 Å². The molecule has 2 aromatic carbocycles. The minimum absolute atomic E-state index is 0.144. The Morgan fingerprint density at radius 1 is 1.10 bits per heavy atom. The molecule has 0 unspecified atom stereocenters. The summed E-state index contributed by atoms with van der Waals surface area (Å²) in [5, 5.41) is 2.80. The van der Waals surface area contributed by atoms with Crippen molar-refractivity contribution in [2.45, 2.75) is 26.7 Å². The van der Waals surface area contributed by atoms with Crippen molar-refractivity contribution in [3.05, 3.63) is 59.2 Å². The van der Waals surface area contributed by atoms with Gasteiger partial charge in [-0.2, -0.15) is 0 Å². The highest BCUT2D eigenvalue weighted by molar-refractivity contribution is 7.92. The lowest BCUT2D eigenvalue weighted by Gasteiger charge is -2.28. The van der Waals surface area contributed by atoms with Gasteiger partial charge in [-0.1, -0.05) is 6.07 Å². The maximum atomic E-state index is 12.6. The molecule has 8 heteroatoms. The van der Waals surface area contributed by atoms with Gasteiger partial charge >= 0.3 is 5.97 Å². The summed E-state index contributed by atoms with van der Waals surface area (Å²) >= 11 is 0. The molecule has 1 amide bonds. The highest BCUT2D eigenvalue weighted by Crippen LogP contribution is 2.25. The van der Waals surface area contributed by atoms with E-state index in [0.717, 1.165) is 6.42 Å². The van der Waals surface area contributed by atoms with Gasteiger partial charge in [-0.05, 0) is 68.7 Å². The zero-order chi connectivity index (χ0) is 21.0. The van der Waals surface area contributed by atoms with Gasteiger partial charge in [0.1, 0.15) is 0 Å². The zero-order valence-corrected chi connectivity index (χ0v) is 17.3. The molecule has 0 radical (unpaired) electrons. The van der Waals surface area contributed by atoms with Crippen LogP contribution in [0.2, 0.25) is 0 Å². The van der Waals surface area contributed by atoms with Crippen molar-refractivity contribution in [3.8, 4) is 0 Å². The summed E-state index contributed by atoms with van der Waals surface area (Å²) in [6.07, 6.45) is 1.49. The second-order valence-electron chi connectivity index (χ2n) is 6.79. The first-order valence-corrected chi connectivity index (χ1v) is 11.1. The Morgan fingerprint density at radius 3 is 2.48 bits per heavy atom. The number of carbonyl (C=O) groups is 2. The topological polar surface area (TPSA) is 92.8 Å².